The number of aromatic nitrogens is 1. The Balaban J connectivity index is 1.82. The van der Waals surface area contributed by atoms with E-state index in [2.05, 4.69) is 10.3 Å². The first-order valence-electron chi connectivity index (χ1n) is 9.02. The van der Waals surface area contributed by atoms with E-state index >= 15 is 0 Å². The van der Waals surface area contributed by atoms with E-state index in [4.69, 9.17) is 4.74 Å². The Labute approximate surface area is 162 Å². The van der Waals surface area contributed by atoms with Crippen LogP contribution in [0.5, 0.6) is 0 Å². The maximum Gasteiger partial charge on any atom is 0.339 e. The van der Waals surface area contributed by atoms with Crippen LogP contribution in [0.2, 0.25) is 0 Å². The zero-order valence-corrected chi connectivity index (χ0v) is 16.2. The van der Waals surface area contributed by atoms with Gasteiger partial charge in [-0.2, -0.15) is 0 Å². The van der Waals surface area contributed by atoms with Gasteiger partial charge in [0.15, 0.2) is 6.61 Å². The fraction of sp³-hybridized carbons (Fsp3) is 0.286. The Morgan fingerprint density at radius 3 is 2.63 bits per heavy atom. The molecule has 0 aliphatic heterocycles. The van der Waals surface area contributed by atoms with Crippen LogP contribution in [0.1, 0.15) is 37.0 Å². The SMILES string of the molecule is CCC(CC)NC(=O)COC(=O)c1cc(-c2cccs2)nc2ccccc12. The summed E-state index contributed by atoms with van der Waals surface area (Å²) in [6.07, 6.45) is 1.69. The van der Waals surface area contributed by atoms with Crippen LogP contribution in [0.25, 0.3) is 21.5 Å². The summed E-state index contributed by atoms with van der Waals surface area (Å²) in [6.45, 7) is 3.73. The highest BCUT2D eigenvalue weighted by Crippen LogP contribution is 2.28. The number of ether oxygens (including phenoxy) is 1. The molecule has 140 valence electrons. The van der Waals surface area contributed by atoms with Crippen LogP contribution >= 0.6 is 11.3 Å². The quantitative estimate of drug-likeness (QED) is 0.614. The number of carbonyl (C=O) groups excluding carboxylic acids is 2. The molecular formula is C21H22N2O3S. The number of hydrogen-bond acceptors (Lipinski definition) is 5. The molecule has 6 heteroatoms. The molecular weight excluding hydrogens is 360 g/mol. The first-order valence-corrected chi connectivity index (χ1v) is 9.90. The van der Waals surface area contributed by atoms with Crippen molar-refractivity contribution in [2.24, 2.45) is 0 Å². The molecule has 0 bridgehead atoms. The number of nitrogens with zero attached hydrogens (tertiary/aromatic N) is 1. The van der Waals surface area contributed by atoms with Crippen molar-refractivity contribution in [2.45, 2.75) is 32.7 Å². The van der Waals surface area contributed by atoms with Gasteiger partial charge in [-0.15, -0.1) is 11.3 Å². The zero-order valence-electron chi connectivity index (χ0n) is 15.4. The van der Waals surface area contributed by atoms with Crippen LogP contribution < -0.4 is 5.32 Å². The van der Waals surface area contributed by atoms with Crippen molar-refractivity contribution in [3.8, 4) is 10.6 Å². The summed E-state index contributed by atoms with van der Waals surface area (Å²) in [7, 11) is 0. The third-order valence-electron chi connectivity index (χ3n) is 4.39. The van der Waals surface area contributed by atoms with Crippen molar-refractivity contribution in [1.82, 2.24) is 10.3 Å². The summed E-state index contributed by atoms with van der Waals surface area (Å²) in [5.74, 6) is -0.806. The monoisotopic (exact) mass is 382 g/mol. The first-order chi connectivity index (χ1) is 13.1. The first kappa shape index (κ1) is 19.0. The second-order valence-electron chi connectivity index (χ2n) is 6.21. The minimum atomic E-state index is -0.522. The molecule has 5 nitrogen and oxygen atoms in total. The lowest BCUT2D eigenvalue weighted by Crippen LogP contribution is -2.36. The van der Waals surface area contributed by atoms with Crippen LogP contribution in [-0.4, -0.2) is 29.5 Å². The molecule has 2 heterocycles. The molecule has 27 heavy (non-hydrogen) atoms. The molecule has 3 aromatic rings. The maximum atomic E-state index is 12.7. The van der Waals surface area contributed by atoms with Crippen molar-refractivity contribution < 1.29 is 14.3 Å². The molecule has 1 aromatic carbocycles. The Hall–Kier alpha value is -2.73. The van der Waals surface area contributed by atoms with Crippen molar-refractivity contribution in [1.29, 1.82) is 0 Å². The van der Waals surface area contributed by atoms with Gasteiger partial charge < -0.3 is 10.1 Å². The van der Waals surface area contributed by atoms with Gasteiger partial charge in [-0.25, -0.2) is 9.78 Å². The fourth-order valence-electron chi connectivity index (χ4n) is 2.87. The van der Waals surface area contributed by atoms with E-state index < -0.39 is 5.97 Å². The van der Waals surface area contributed by atoms with Crippen molar-refractivity contribution >= 4 is 34.1 Å². The zero-order chi connectivity index (χ0) is 19.2. The van der Waals surface area contributed by atoms with Gasteiger partial charge in [-0.05, 0) is 36.4 Å². The van der Waals surface area contributed by atoms with Crippen LogP contribution in [0, 0.1) is 0 Å². The van der Waals surface area contributed by atoms with Gasteiger partial charge >= 0.3 is 5.97 Å². The number of pyridine rings is 1. The normalized spacial score (nSPS) is 10.9. The van der Waals surface area contributed by atoms with E-state index in [0.717, 1.165) is 28.9 Å². The lowest BCUT2D eigenvalue weighted by Gasteiger charge is -2.15. The molecule has 0 aliphatic carbocycles. The third-order valence-corrected chi connectivity index (χ3v) is 5.29. The van der Waals surface area contributed by atoms with Crippen LogP contribution in [0.15, 0.2) is 47.8 Å². The van der Waals surface area contributed by atoms with E-state index in [9.17, 15) is 9.59 Å². The number of carbonyl (C=O) groups is 2. The predicted octanol–water partition coefficient (Wildman–Crippen LogP) is 4.42. The maximum absolute atomic E-state index is 12.7. The number of esters is 1. The number of fused-ring (bicyclic) bond motifs is 1. The van der Waals surface area contributed by atoms with E-state index in [1.807, 2.05) is 55.6 Å². The van der Waals surface area contributed by atoms with Gasteiger partial charge in [0.25, 0.3) is 5.91 Å². The minimum absolute atomic E-state index is 0.100. The summed E-state index contributed by atoms with van der Waals surface area (Å²) in [5.41, 5.74) is 1.85. The average molecular weight is 382 g/mol. The van der Waals surface area contributed by atoms with Crippen molar-refractivity contribution in [2.75, 3.05) is 6.61 Å². The number of benzene rings is 1. The third kappa shape index (κ3) is 4.52. The number of amides is 1. The number of nitrogens with one attached hydrogen (secondary N) is 1. The number of rotatable bonds is 7. The highest BCUT2D eigenvalue weighted by atomic mass is 32.1. The smallest absolute Gasteiger partial charge is 0.339 e. The summed E-state index contributed by atoms with van der Waals surface area (Å²) < 4.78 is 5.28. The Morgan fingerprint density at radius 2 is 1.93 bits per heavy atom. The molecule has 0 atom stereocenters. The lowest BCUT2D eigenvalue weighted by atomic mass is 10.1. The standard InChI is InChI=1S/C21H22N2O3S/c1-3-14(4-2)22-20(24)13-26-21(25)16-12-18(19-10-7-11-27-19)23-17-9-6-5-8-15(16)17/h5-12,14H,3-4,13H2,1-2H3,(H,22,24). The average Bonchev–Trinajstić information content (AvgIpc) is 3.24. The molecule has 0 fully saturated rings. The highest BCUT2D eigenvalue weighted by molar-refractivity contribution is 7.13. The predicted molar refractivity (Wildman–Crippen MR) is 108 cm³/mol. The highest BCUT2D eigenvalue weighted by Gasteiger charge is 2.17. The largest absolute Gasteiger partial charge is 0.452 e. The lowest BCUT2D eigenvalue weighted by molar-refractivity contribution is -0.125. The van der Waals surface area contributed by atoms with Crippen LogP contribution in [0.3, 0.4) is 0 Å². The topological polar surface area (TPSA) is 68.3 Å². The summed E-state index contributed by atoms with van der Waals surface area (Å²) in [6, 6.07) is 13.2. The van der Waals surface area contributed by atoms with E-state index in [1.54, 1.807) is 17.4 Å². The van der Waals surface area contributed by atoms with Crippen molar-refractivity contribution in [3.63, 3.8) is 0 Å². The molecule has 0 spiro atoms. The minimum Gasteiger partial charge on any atom is -0.452 e. The Kier molecular flexibility index (Phi) is 6.19. The van der Waals surface area contributed by atoms with Gasteiger partial charge in [-0.3, -0.25) is 4.79 Å². The molecule has 0 unspecified atom stereocenters. The molecule has 0 saturated carbocycles. The van der Waals surface area contributed by atoms with E-state index in [0.29, 0.717) is 10.9 Å². The van der Waals surface area contributed by atoms with Gasteiger partial charge in [0, 0.05) is 11.4 Å². The van der Waals surface area contributed by atoms with E-state index in [1.165, 1.54) is 0 Å². The molecule has 2 aromatic heterocycles. The number of hydrogen-bond donors (Lipinski definition) is 1. The molecule has 1 N–H and O–H groups in total. The summed E-state index contributed by atoms with van der Waals surface area (Å²) >= 11 is 1.56. The second kappa shape index (κ2) is 8.77. The second-order valence-corrected chi connectivity index (χ2v) is 7.15. The summed E-state index contributed by atoms with van der Waals surface area (Å²) in [5, 5.41) is 5.54. The number of thiophene rings is 1. The van der Waals surface area contributed by atoms with Gasteiger partial charge in [0.1, 0.15) is 0 Å². The fourth-order valence-corrected chi connectivity index (χ4v) is 3.55. The Morgan fingerprint density at radius 1 is 1.15 bits per heavy atom. The number of para-hydroxylation sites is 1. The summed E-state index contributed by atoms with van der Waals surface area (Å²) in [4.78, 5) is 30.3. The van der Waals surface area contributed by atoms with Gasteiger partial charge in [0.2, 0.25) is 0 Å². The van der Waals surface area contributed by atoms with Crippen LogP contribution in [-0.2, 0) is 9.53 Å². The molecule has 0 radical (unpaired) electrons. The molecule has 1 amide bonds. The van der Waals surface area contributed by atoms with E-state index in [-0.39, 0.29) is 18.6 Å². The molecule has 0 aliphatic rings. The Bertz CT molecular complexity index is 934. The molecule has 3 rings (SSSR count). The molecule has 0 saturated heterocycles. The van der Waals surface area contributed by atoms with Gasteiger partial charge in [0.05, 0.1) is 21.7 Å². The van der Waals surface area contributed by atoms with Crippen LogP contribution in [0.4, 0.5) is 0 Å². The van der Waals surface area contributed by atoms with Crippen molar-refractivity contribution in [3.05, 3.63) is 53.4 Å². The van der Waals surface area contributed by atoms with Gasteiger partial charge in [-0.1, -0.05) is 38.1 Å².